The van der Waals surface area contributed by atoms with E-state index in [2.05, 4.69) is 15.2 Å². The first-order valence-corrected chi connectivity index (χ1v) is 7.58. The van der Waals surface area contributed by atoms with E-state index in [0.717, 1.165) is 32.2 Å². The second kappa shape index (κ2) is 5.41. The molecule has 1 saturated heterocycles. The van der Waals surface area contributed by atoms with Crippen molar-refractivity contribution < 1.29 is 8.78 Å². The van der Waals surface area contributed by atoms with Crippen LogP contribution in [0, 0.1) is 11.6 Å². The number of nitrogens with one attached hydrogen (secondary N) is 1. The van der Waals surface area contributed by atoms with Crippen molar-refractivity contribution in [2.75, 3.05) is 19.8 Å². The number of hydrogen-bond acceptors (Lipinski definition) is 3. The molecule has 2 aromatic rings. The van der Waals surface area contributed by atoms with Gasteiger partial charge in [0, 0.05) is 49.5 Å². The standard InChI is InChI=1S/C17H17F2N3/c18-12-2-3-13(15(19)7-12)16-4-1-11(9-21-16)14-8-17(14)22-6-5-20-10-22/h1-4,7,9,14,17,20H,5-6,8,10H2/t14-,17+/m1/s1. The molecule has 1 aromatic carbocycles. The normalized spacial score (nSPS) is 24.6. The Kier molecular flexibility index (Phi) is 3.39. The molecule has 0 spiro atoms. The molecule has 0 radical (unpaired) electrons. The third-order valence-corrected chi connectivity index (χ3v) is 4.54. The van der Waals surface area contributed by atoms with Gasteiger partial charge in [-0.1, -0.05) is 6.07 Å². The fraction of sp³-hybridized carbons (Fsp3) is 0.353. The zero-order chi connectivity index (χ0) is 15.1. The molecule has 3 nitrogen and oxygen atoms in total. The summed E-state index contributed by atoms with van der Waals surface area (Å²) in [6.07, 6.45) is 2.99. The first-order chi connectivity index (χ1) is 10.7. The van der Waals surface area contributed by atoms with E-state index in [9.17, 15) is 8.78 Å². The van der Waals surface area contributed by atoms with E-state index in [1.807, 2.05) is 18.3 Å². The van der Waals surface area contributed by atoms with Crippen LogP contribution < -0.4 is 5.32 Å². The van der Waals surface area contributed by atoms with Crippen LogP contribution in [0.3, 0.4) is 0 Å². The van der Waals surface area contributed by atoms with E-state index in [0.29, 0.717) is 23.2 Å². The number of rotatable bonds is 3. The molecule has 1 aromatic heterocycles. The van der Waals surface area contributed by atoms with E-state index < -0.39 is 11.6 Å². The lowest BCUT2D eigenvalue weighted by Crippen LogP contribution is -2.25. The minimum atomic E-state index is -0.576. The Hall–Kier alpha value is -1.85. The van der Waals surface area contributed by atoms with Gasteiger partial charge in [-0.15, -0.1) is 0 Å². The first-order valence-electron chi connectivity index (χ1n) is 7.58. The predicted octanol–water partition coefficient (Wildman–Crippen LogP) is 2.75. The van der Waals surface area contributed by atoms with Gasteiger partial charge in [-0.2, -0.15) is 0 Å². The molecule has 1 N–H and O–H groups in total. The zero-order valence-corrected chi connectivity index (χ0v) is 12.1. The minimum Gasteiger partial charge on any atom is -0.303 e. The molecule has 2 atom stereocenters. The van der Waals surface area contributed by atoms with Gasteiger partial charge in [0.05, 0.1) is 5.69 Å². The molecule has 2 fully saturated rings. The smallest absolute Gasteiger partial charge is 0.135 e. The number of hydrogen-bond donors (Lipinski definition) is 1. The van der Waals surface area contributed by atoms with Gasteiger partial charge >= 0.3 is 0 Å². The van der Waals surface area contributed by atoms with Gasteiger partial charge in [0.2, 0.25) is 0 Å². The lowest BCUT2D eigenvalue weighted by molar-refractivity contribution is 0.319. The van der Waals surface area contributed by atoms with Crippen LogP contribution in [0.2, 0.25) is 0 Å². The van der Waals surface area contributed by atoms with Gasteiger partial charge in [-0.25, -0.2) is 8.78 Å². The minimum absolute atomic E-state index is 0.337. The van der Waals surface area contributed by atoms with E-state index in [1.165, 1.54) is 17.7 Å². The summed E-state index contributed by atoms with van der Waals surface area (Å²) in [7, 11) is 0. The van der Waals surface area contributed by atoms with Gasteiger partial charge in [0.15, 0.2) is 0 Å². The van der Waals surface area contributed by atoms with Crippen LogP contribution in [0.25, 0.3) is 11.3 Å². The number of halogens is 2. The molecule has 0 bridgehead atoms. The summed E-state index contributed by atoms with van der Waals surface area (Å²) in [6.45, 7) is 3.13. The highest BCUT2D eigenvalue weighted by Crippen LogP contribution is 2.44. The second-order valence-electron chi connectivity index (χ2n) is 5.98. The molecule has 1 saturated carbocycles. The van der Waals surface area contributed by atoms with Crippen molar-refractivity contribution in [3.8, 4) is 11.3 Å². The topological polar surface area (TPSA) is 28.2 Å². The van der Waals surface area contributed by atoms with Gasteiger partial charge < -0.3 is 5.32 Å². The van der Waals surface area contributed by atoms with Crippen LogP contribution in [0.1, 0.15) is 17.9 Å². The molecule has 4 rings (SSSR count). The summed E-state index contributed by atoms with van der Waals surface area (Å²) in [5.74, 6) is -0.620. The van der Waals surface area contributed by atoms with Crippen molar-refractivity contribution in [2.45, 2.75) is 18.4 Å². The molecule has 2 aliphatic rings. The van der Waals surface area contributed by atoms with Crippen molar-refractivity contribution >= 4 is 0 Å². The highest BCUT2D eigenvalue weighted by Gasteiger charge is 2.43. The van der Waals surface area contributed by atoms with Crippen LogP contribution in [-0.2, 0) is 0 Å². The van der Waals surface area contributed by atoms with E-state index in [4.69, 9.17) is 0 Å². The van der Waals surface area contributed by atoms with Crippen LogP contribution in [-0.4, -0.2) is 35.7 Å². The third kappa shape index (κ3) is 2.51. The highest BCUT2D eigenvalue weighted by molar-refractivity contribution is 5.60. The maximum Gasteiger partial charge on any atom is 0.135 e. The van der Waals surface area contributed by atoms with Crippen LogP contribution >= 0.6 is 0 Å². The maximum absolute atomic E-state index is 13.8. The van der Waals surface area contributed by atoms with Gasteiger partial charge in [-0.05, 0) is 30.2 Å². The molecule has 0 amide bonds. The second-order valence-corrected chi connectivity index (χ2v) is 5.98. The lowest BCUT2D eigenvalue weighted by atomic mass is 10.1. The Labute approximate surface area is 128 Å². The molecule has 114 valence electrons. The number of nitrogens with zero attached hydrogens (tertiary/aromatic N) is 2. The Morgan fingerprint density at radius 1 is 1.18 bits per heavy atom. The van der Waals surface area contributed by atoms with Crippen LogP contribution in [0.5, 0.6) is 0 Å². The van der Waals surface area contributed by atoms with E-state index in [-0.39, 0.29) is 0 Å². The van der Waals surface area contributed by atoms with Crippen molar-refractivity contribution in [3.63, 3.8) is 0 Å². The molecular weight excluding hydrogens is 284 g/mol. The third-order valence-electron chi connectivity index (χ3n) is 4.54. The Morgan fingerprint density at radius 2 is 2.09 bits per heavy atom. The number of benzene rings is 1. The molecule has 1 aliphatic heterocycles. The summed E-state index contributed by atoms with van der Waals surface area (Å²) < 4.78 is 26.7. The van der Waals surface area contributed by atoms with Crippen LogP contribution in [0.4, 0.5) is 8.78 Å². The first kappa shape index (κ1) is 13.8. The SMILES string of the molecule is Fc1ccc(-c2ccc([C@H]3C[C@@H]3N3CCNC3)cn2)c(F)c1. The van der Waals surface area contributed by atoms with Gasteiger partial charge in [0.1, 0.15) is 11.6 Å². The zero-order valence-electron chi connectivity index (χ0n) is 12.1. The largest absolute Gasteiger partial charge is 0.303 e. The summed E-state index contributed by atoms with van der Waals surface area (Å²) >= 11 is 0. The quantitative estimate of drug-likeness (QED) is 0.945. The molecule has 1 aliphatic carbocycles. The lowest BCUT2D eigenvalue weighted by Gasteiger charge is -2.13. The maximum atomic E-state index is 13.8. The summed E-state index contributed by atoms with van der Waals surface area (Å²) in [4.78, 5) is 6.82. The highest BCUT2D eigenvalue weighted by atomic mass is 19.1. The Morgan fingerprint density at radius 3 is 2.77 bits per heavy atom. The van der Waals surface area contributed by atoms with Crippen LogP contribution in [0.15, 0.2) is 36.5 Å². The molecule has 2 heterocycles. The molecular formula is C17H17F2N3. The van der Waals surface area contributed by atoms with E-state index in [1.54, 1.807) is 0 Å². The van der Waals surface area contributed by atoms with Crippen molar-refractivity contribution in [1.82, 2.24) is 15.2 Å². The van der Waals surface area contributed by atoms with Crippen molar-refractivity contribution in [2.24, 2.45) is 0 Å². The van der Waals surface area contributed by atoms with Crippen molar-refractivity contribution in [1.29, 1.82) is 0 Å². The number of pyridine rings is 1. The summed E-state index contributed by atoms with van der Waals surface area (Å²) in [5.41, 5.74) is 2.08. The molecule has 22 heavy (non-hydrogen) atoms. The average molecular weight is 301 g/mol. The summed E-state index contributed by atoms with van der Waals surface area (Å²) in [6, 6.07) is 8.02. The summed E-state index contributed by atoms with van der Waals surface area (Å²) in [5, 5.41) is 3.35. The van der Waals surface area contributed by atoms with Crippen molar-refractivity contribution in [3.05, 3.63) is 53.7 Å². The van der Waals surface area contributed by atoms with Gasteiger partial charge in [0.25, 0.3) is 0 Å². The monoisotopic (exact) mass is 301 g/mol. The molecule has 0 unspecified atom stereocenters. The van der Waals surface area contributed by atoms with Gasteiger partial charge in [-0.3, -0.25) is 9.88 Å². The average Bonchev–Trinajstić information content (AvgIpc) is 3.13. The molecule has 5 heteroatoms. The fourth-order valence-electron chi connectivity index (χ4n) is 3.23. The van der Waals surface area contributed by atoms with E-state index >= 15 is 0 Å². The Bertz CT molecular complexity index is 681. The Balaban J connectivity index is 1.51. The predicted molar refractivity (Wildman–Crippen MR) is 80.3 cm³/mol. The fourth-order valence-corrected chi connectivity index (χ4v) is 3.23. The number of aromatic nitrogens is 1.